The van der Waals surface area contributed by atoms with Crippen molar-refractivity contribution in [2.45, 2.75) is 387 Å². The Morgan fingerprint density at radius 2 is 0.560 bits per heavy atom. The van der Waals surface area contributed by atoms with E-state index in [4.69, 9.17) is 37.0 Å². The number of carbonyl (C=O) groups excluding carboxylic acids is 4. The second-order valence-electron chi connectivity index (χ2n) is 26.7. The van der Waals surface area contributed by atoms with Crippen LogP contribution in [0.4, 0.5) is 0 Å². The van der Waals surface area contributed by atoms with Gasteiger partial charge in [-0.3, -0.25) is 37.3 Å². The maximum Gasteiger partial charge on any atom is 0.472 e. The molecule has 3 N–H and O–H groups in total. The highest BCUT2D eigenvalue weighted by molar-refractivity contribution is 7.47. The van der Waals surface area contributed by atoms with Crippen molar-refractivity contribution in [3.8, 4) is 0 Å². The van der Waals surface area contributed by atoms with Gasteiger partial charge in [0.05, 0.1) is 26.4 Å². The van der Waals surface area contributed by atoms with Crippen molar-refractivity contribution < 1.29 is 80.2 Å². The molecule has 0 amide bonds. The first kappa shape index (κ1) is 89.1. The van der Waals surface area contributed by atoms with Crippen molar-refractivity contribution >= 4 is 39.5 Å². The Balaban J connectivity index is 5.17. The topological polar surface area (TPSA) is 237 Å². The number of carbonyl (C=O) groups is 4. The quantitative estimate of drug-likeness (QED) is 0.0222. The van der Waals surface area contributed by atoms with E-state index < -0.39 is 97.5 Å². The van der Waals surface area contributed by atoms with Crippen molar-refractivity contribution in [1.29, 1.82) is 0 Å². The summed E-state index contributed by atoms with van der Waals surface area (Å²) in [4.78, 5) is 72.4. The van der Waals surface area contributed by atoms with Gasteiger partial charge in [0.15, 0.2) is 12.2 Å². The Morgan fingerprint density at radius 3 is 0.835 bits per heavy atom. The monoisotopic (exact) mass is 1340 g/mol. The average Bonchev–Trinajstić information content (AvgIpc) is 2.46. The van der Waals surface area contributed by atoms with Crippen LogP contribution < -0.4 is 0 Å². The van der Waals surface area contributed by atoms with Crippen molar-refractivity contribution in [3.63, 3.8) is 0 Å². The molecule has 0 aromatic heterocycles. The lowest BCUT2D eigenvalue weighted by molar-refractivity contribution is -0.161. The van der Waals surface area contributed by atoms with Crippen molar-refractivity contribution in [2.75, 3.05) is 39.6 Å². The number of phosphoric ester groups is 2. The molecule has 19 heteroatoms. The number of phosphoric acid groups is 2. The van der Waals surface area contributed by atoms with E-state index in [0.29, 0.717) is 31.6 Å². The number of unbranched alkanes of at least 4 members (excludes halogenated alkanes) is 40. The van der Waals surface area contributed by atoms with Gasteiger partial charge in [0.25, 0.3) is 0 Å². The van der Waals surface area contributed by atoms with Crippen molar-refractivity contribution in [3.05, 3.63) is 0 Å². The maximum atomic E-state index is 13.0. The Labute approximate surface area is 556 Å². The minimum Gasteiger partial charge on any atom is -0.462 e. The second kappa shape index (κ2) is 64.1. The van der Waals surface area contributed by atoms with Crippen LogP contribution in [0.2, 0.25) is 0 Å². The number of aliphatic hydroxyl groups is 1. The van der Waals surface area contributed by atoms with E-state index in [9.17, 15) is 43.2 Å². The summed E-state index contributed by atoms with van der Waals surface area (Å²) in [6.45, 7) is 9.48. The number of rotatable bonds is 71. The summed E-state index contributed by atoms with van der Waals surface area (Å²) in [5.41, 5.74) is 0. The SMILES string of the molecule is CCCCCCCCCCCCCCCCCCCCCCC(=O)O[C@H](COC(=O)CCCCCCCCCCCCC(C)CC)COP(=O)(O)OC[C@@H](O)COP(=O)(O)OC[C@@H](COC(=O)CCCCCCCCC)OC(=O)CCCCCCCCCC(C)C. The summed E-state index contributed by atoms with van der Waals surface area (Å²) in [5, 5.41) is 10.6. The first-order valence-corrected chi connectivity index (χ1v) is 40.5. The van der Waals surface area contributed by atoms with Crippen LogP contribution in [0.3, 0.4) is 0 Å². The molecule has 0 aromatic rings. The molecule has 0 bridgehead atoms. The summed E-state index contributed by atoms with van der Waals surface area (Å²) < 4.78 is 68.2. The number of esters is 4. The fourth-order valence-electron chi connectivity index (χ4n) is 10.9. The van der Waals surface area contributed by atoms with Crippen LogP contribution in [-0.2, 0) is 65.4 Å². The van der Waals surface area contributed by atoms with Crippen LogP contribution in [0.5, 0.6) is 0 Å². The van der Waals surface area contributed by atoms with Gasteiger partial charge in [0, 0.05) is 25.7 Å². The van der Waals surface area contributed by atoms with Gasteiger partial charge < -0.3 is 33.8 Å². The number of aliphatic hydroxyl groups excluding tert-OH is 1. The zero-order valence-electron chi connectivity index (χ0n) is 59.1. The van der Waals surface area contributed by atoms with E-state index >= 15 is 0 Å². The normalized spacial score (nSPS) is 14.4. The van der Waals surface area contributed by atoms with Gasteiger partial charge >= 0.3 is 39.5 Å². The zero-order chi connectivity index (χ0) is 67.2. The highest BCUT2D eigenvalue weighted by atomic mass is 31.2. The Bertz CT molecular complexity index is 1770. The fraction of sp³-hybridized carbons (Fsp3) is 0.944. The van der Waals surface area contributed by atoms with E-state index in [2.05, 4.69) is 41.5 Å². The van der Waals surface area contributed by atoms with Crippen molar-refractivity contribution in [1.82, 2.24) is 0 Å². The molecule has 540 valence electrons. The molecular formula is C72H140O17P2. The van der Waals surface area contributed by atoms with Crippen LogP contribution in [0.1, 0.15) is 369 Å². The standard InChI is InChI=1S/C72H140O17P2/c1-7-10-12-14-16-17-18-19-20-21-22-23-24-25-26-27-32-38-44-50-56-71(76)88-68(61-83-70(75)55-49-43-37-31-29-28-30-36-41-47-53-65(6)9-3)63-87-91(80,81)85-59-66(73)58-84-90(78,79)86-62-67(60-82-69(74)54-48-42-34-15-13-11-8-2)89-72(77)57-51-45-39-33-35-40-46-52-64(4)5/h64-68,73H,7-63H2,1-6H3,(H,78,79)(H,80,81)/t65?,66-,67+,68+/m0/s1. The van der Waals surface area contributed by atoms with E-state index in [-0.39, 0.29) is 25.7 Å². The lowest BCUT2D eigenvalue weighted by Crippen LogP contribution is -2.30. The van der Waals surface area contributed by atoms with Gasteiger partial charge in [-0.25, -0.2) is 9.13 Å². The molecule has 91 heavy (non-hydrogen) atoms. The van der Waals surface area contributed by atoms with Crippen LogP contribution >= 0.6 is 15.6 Å². The third-order valence-electron chi connectivity index (χ3n) is 17.1. The summed E-state index contributed by atoms with van der Waals surface area (Å²) in [6, 6.07) is 0. The molecule has 0 aliphatic carbocycles. The molecule has 0 saturated heterocycles. The lowest BCUT2D eigenvalue weighted by atomic mass is 9.99. The number of hydrogen-bond donors (Lipinski definition) is 3. The molecule has 0 aliphatic heterocycles. The summed E-state index contributed by atoms with van der Waals surface area (Å²) in [5.74, 6) is -0.624. The minimum absolute atomic E-state index is 0.103. The fourth-order valence-corrected chi connectivity index (χ4v) is 12.5. The average molecular weight is 1340 g/mol. The van der Waals surface area contributed by atoms with E-state index in [1.165, 1.54) is 173 Å². The van der Waals surface area contributed by atoms with Gasteiger partial charge in [-0.15, -0.1) is 0 Å². The zero-order valence-corrected chi connectivity index (χ0v) is 60.9. The molecule has 3 unspecified atom stereocenters. The Hall–Kier alpha value is -1.94. The molecule has 0 saturated carbocycles. The molecule has 17 nitrogen and oxygen atoms in total. The highest BCUT2D eigenvalue weighted by Gasteiger charge is 2.30. The predicted octanol–water partition coefficient (Wildman–Crippen LogP) is 20.8. The number of ether oxygens (including phenoxy) is 4. The van der Waals surface area contributed by atoms with Gasteiger partial charge in [-0.05, 0) is 37.5 Å². The first-order valence-electron chi connectivity index (χ1n) is 37.5. The summed E-state index contributed by atoms with van der Waals surface area (Å²) in [6.07, 6.45) is 50.3. The first-order chi connectivity index (χ1) is 43.9. The number of hydrogen-bond acceptors (Lipinski definition) is 15. The molecule has 0 radical (unpaired) electrons. The van der Waals surface area contributed by atoms with Crippen LogP contribution in [0, 0.1) is 11.8 Å². The molecule has 0 aliphatic rings. The smallest absolute Gasteiger partial charge is 0.462 e. The van der Waals surface area contributed by atoms with Crippen molar-refractivity contribution in [2.24, 2.45) is 11.8 Å². The van der Waals surface area contributed by atoms with Crippen LogP contribution in [0.25, 0.3) is 0 Å². The summed E-state index contributed by atoms with van der Waals surface area (Å²) in [7, 11) is -9.90. The molecular weight excluding hydrogens is 1200 g/mol. The highest BCUT2D eigenvalue weighted by Crippen LogP contribution is 2.45. The maximum absolute atomic E-state index is 13.0. The predicted molar refractivity (Wildman–Crippen MR) is 368 cm³/mol. The third kappa shape index (κ3) is 65.1. The molecule has 0 spiro atoms. The van der Waals surface area contributed by atoms with Crippen LogP contribution in [-0.4, -0.2) is 96.7 Å². The van der Waals surface area contributed by atoms with Gasteiger partial charge in [0.2, 0.25) is 0 Å². The minimum atomic E-state index is -4.95. The second-order valence-corrected chi connectivity index (χ2v) is 29.6. The van der Waals surface area contributed by atoms with Gasteiger partial charge in [-0.2, -0.15) is 0 Å². The third-order valence-corrected chi connectivity index (χ3v) is 19.0. The Morgan fingerprint density at radius 1 is 0.319 bits per heavy atom. The summed E-state index contributed by atoms with van der Waals surface area (Å²) >= 11 is 0. The van der Waals surface area contributed by atoms with E-state index in [1.54, 1.807) is 0 Å². The van der Waals surface area contributed by atoms with E-state index in [0.717, 1.165) is 109 Å². The molecule has 0 fully saturated rings. The molecule has 0 heterocycles. The molecule has 6 atom stereocenters. The molecule has 0 rings (SSSR count). The van der Waals surface area contributed by atoms with Gasteiger partial charge in [-0.1, -0.05) is 318 Å². The van der Waals surface area contributed by atoms with E-state index in [1.807, 2.05) is 0 Å². The largest absolute Gasteiger partial charge is 0.472 e. The van der Waals surface area contributed by atoms with Gasteiger partial charge in [0.1, 0.15) is 19.3 Å². The molecule has 0 aromatic carbocycles. The Kier molecular flexibility index (Phi) is 62.7. The van der Waals surface area contributed by atoms with Crippen LogP contribution in [0.15, 0.2) is 0 Å². The lowest BCUT2D eigenvalue weighted by Gasteiger charge is -2.21.